The van der Waals surface area contributed by atoms with Gasteiger partial charge >= 0.3 is 0 Å². The molecule has 0 aromatic carbocycles. The van der Waals surface area contributed by atoms with Crippen LogP contribution in [0.1, 0.15) is 25.7 Å². The van der Waals surface area contributed by atoms with E-state index in [0.29, 0.717) is 12.1 Å². The van der Waals surface area contributed by atoms with Crippen molar-refractivity contribution in [3.05, 3.63) is 4.91 Å². The minimum absolute atomic E-state index is 0.0887. The van der Waals surface area contributed by atoms with Crippen LogP contribution in [-0.4, -0.2) is 43.3 Å². The van der Waals surface area contributed by atoms with Crippen LogP contribution in [0.5, 0.6) is 0 Å². The van der Waals surface area contributed by atoms with Gasteiger partial charge in [-0.15, -0.1) is 0 Å². The van der Waals surface area contributed by atoms with Crippen LogP contribution in [0.4, 0.5) is 0 Å². The van der Waals surface area contributed by atoms with Crippen LogP contribution in [-0.2, 0) is 4.74 Å². The predicted molar refractivity (Wildman–Crippen MR) is 54.2 cm³/mol. The highest BCUT2D eigenvalue weighted by Crippen LogP contribution is 2.28. The molecule has 0 unspecified atom stereocenters. The molecule has 1 saturated carbocycles. The second-order valence-corrected chi connectivity index (χ2v) is 4.38. The Hall–Kier alpha value is -0.480. The maximum absolute atomic E-state index is 10.3. The van der Waals surface area contributed by atoms with Gasteiger partial charge in [-0.25, -0.2) is 0 Å². The molecule has 0 radical (unpaired) electrons. The minimum Gasteiger partial charge on any atom is -0.379 e. The van der Waals surface area contributed by atoms with E-state index in [1.807, 2.05) is 0 Å². The zero-order valence-corrected chi connectivity index (χ0v) is 8.69. The van der Waals surface area contributed by atoms with Crippen LogP contribution in [0, 0.1) is 4.91 Å². The highest BCUT2D eigenvalue weighted by molar-refractivity contribution is 4.90. The van der Waals surface area contributed by atoms with Crippen LogP contribution in [0.15, 0.2) is 5.18 Å². The lowest BCUT2D eigenvalue weighted by Gasteiger charge is -2.45. The van der Waals surface area contributed by atoms with Crippen molar-refractivity contribution in [3.63, 3.8) is 0 Å². The van der Waals surface area contributed by atoms with Gasteiger partial charge in [-0.2, -0.15) is 4.91 Å². The van der Waals surface area contributed by atoms with Crippen molar-refractivity contribution in [3.8, 4) is 0 Å². The average molecular weight is 198 g/mol. The molecular weight excluding hydrogens is 180 g/mol. The number of hydrogen-bond acceptors (Lipinski definition) is 4. The Kier molecular flexibility index (Phi) is 3.13. The molecule has 0 amide bonds. The first kappa shape index (κ1) is 10.1. The third-order valence-electron chi connectivity index (χ3n) is 3.54. The summed E-state index contributed by atoms with van der Waals surface area (Å²) in [4.78, 5) is 12.8. The van der Waals surface area contributed by atoms with Gasteiger partial charge < -0.3 is 4.74 Å². The normalized spacial score (nSPS) is 35.2. The largest absolute Gasteiger partial charge is 0.379 e. The summed E-state index contributed by atoms with van der Waals surface area (Å²) in [5.74, 6) is 0. The van der Waals surface area contributed by atoms with Crippen molar-refractivity contribution >= 4 is 0 Å². The molecule has 2 fully saturated rings. The monoisotopic (exact) mass is 198 g/mol. The maximum atomic E-state index is 10.3. The van der Waals surface area contributed by atoms with Crippen molar-refractivity contribution in [2.24, 2.45) is 5.18 Å². The number of nitrogens with zero attached hydrogens (tertiary/aromatic N) is 2. The summed E-state index contributed by atoms with van der Waals surface area (Å²) < 4.78 is 5.24. The van der Waals surface area contributed by atoms with Crippen LogP contribution in [0.3, 0.4) is 0 Å². The minimum atomic E-state index is 0.0887. The van der Waals surface area contributed by atoms with E-state index in [4.69, 9.17) is 4.74 Å². The molecule has 14 heavy (non-hydrogen) atoms. The predicted octanol–water partition coefficient (Wildman–Crippen LogP) is 1.39. The standard InChI is InChI=1S/C10H18N2O2/c1-14-10-6-12(7-10)9-4-2-8(11-13)3-5-9/h8-10H,2-7H2,1H3. The summed E-state index contributed by atoms with van der Waals surface area (Å²) in [7, 11) is 1.77. The van der Waals surface area contributed by atoms with Crippen molar-refractivity contribution in [1.29, 1.82) is 0 Å². The first-order valence-corrected chi connectivity index (χ1v) is 5.42. The molecule has 0 aromatic heterocycles. The van der Waals surface area contributed by atoms with Crippen molar-refractivity contribution in [1.82, 2.24) is 4.90 Å². The molecule has 1 aliphatic heterocycles. The molecule has 0 aromatic rings. The van der Waals surface area contributed by atoms with Gasteiger partial charge in [0.2, 0.25) is 0 Å². The number of hydrogen-bond donors (Lipinski definition) is 0. The first-order chi connectivity index (χ1) is 6.83. The molecule has 80 valence electrons. The molecule has 2 aliphatic rings. The molecule has 4 nitrogen and oxygen atoms in total. The Morgan fingerprint density at radius 2 is 1.86 bits per heavy atom. The molecule has 0 atom stereocenters. The zero-order valence-electron chi connectivity index (χ0n) is 8.69. The Morgan fingerprint density at radius 3 is 2.36 bits per heavy atom. The maximum Gasteiger partial charge on any atom is 0.0921 e. The van der Waals surface area contributed by atoms with E-state index in [0.717, 1.165) is 38.8 Å². The van der Waals surface area contributed by atoms with Gasteiger partial charge in [0.05, 0.1) is 12.1 Å². The van der Waals surface area contributed by atoms with Gasteiger partial charge in [0, 0.05) is 26.2 Å². The first-order valence-electron chi connectivity index (χ1n) is 5.42. The van der Waals surface area contributed by atoms with E-state index >= 15 is 0 Å². The van der Waals surface area contributed by atoms with Gasteiger partial charge in [-0.3, -0.25) is 4.90 Å². The summed E-state index contributed by atoms with van der Waals surface area (Å²) in [6.45, 7) is 2.14. The molecule has 0 bridgehead atoms. The van der Waals surface area contributed by atoms with E-state index < -0.39 is 0 Å². The molecule has 1 heterocycles. The summed E-state index contributed by atoms with van der Waals surface area (Å²) in [6.07, 6.45) is 4.65. The van der Waals surface area contributed by atoms with Crippen molar-refractivity contribution < 1.29 is 4.74 Å². The number of methoxy groups -OCH3 is 1. The second kappa shape index (κ2) is 4.36. The van der Waals surface area contributed by atoms with E-state index in [2.05, 4.69) is 10.1 Å². The van der Waals surface area contributed by atoms with Gasteiger partial charge in [-0.05, 0) is 25.7 Å². The molecule has 0 N–H and O–H groups in total. The molecule has 1 aliphatic carbocycles. The van der Waals surface area contributed by atoms with Gasteiger partial charge in [-0.1, -0.05) is 5.18 Å². The lowest BCUT2D eigenvalue weighted by atomic mass is 9.89. The Bertz CT molecular complexity index is 196. The van der Waals surface area contributed by atoms with Gasteiger partial charge in [0.1, 0.15) is 0 Å². The lowest BCUT2D eigenvalue weighted by molar-refractivity contribution is -0.0577. The Balaban J connectivity index is 1.72. The third kappa shape index (κ3) is 1.96. The Morgan fingerprint density at radius 1 is 1.21 bits per heavy atom. The van der Waals surface area contributed by atoms with Crippen LogP contribution in [0.25, 0.3) is 0 Å². The summed E-state index contributed by atoms with van der Waals surface area (Å²) in [5, 5.41) is 3.12. The molecule has 2 rings (SSSR count). The summed E-state index contributed by atoms with van der Waals surface area (Å²) >= 11 is 0. The fourth-order valence-corrected chi connectivity index (χ4v) is 2.45. The fourth-order valence-electron chi connectivity index (χ4n) is 2.45. The highest BCUT2D eigenvalue weighted by atomic mass is 16.5. The van der Waals surface area contributed by atoms with E-state index in [1.165, 1.54) is 0 Å². The quantitative estimate of drug-likeness (QED) is 0.644. The molecule has 4 heteroatoms. The molecule has 0 spiro atoms. The van der Waals surface area contributed by atoms with Gasteiger partial charge in [0.25, 0.3) is 0 Å². The third-order valence-corrected chi connectivity index (χ3v) is 3.54. The molecule has 1 saturated heterocycles. The smallest absolute Gasteiger partial charge is 0.0921 e. The van der Waals surface area contributed by atoms with Gasteiger partial charge in [0.15, 0.2) is 0 Å². The number of ether oxygens (including phenoxy) is 1. The van der Waals surface area contributed by atoms with Crippen LogP contribution >= 0.6 is 0 Å². The van der Waals surface area contributed by atoms with Crippen LogP contribution < -0.4 is 0 Å². The highest BCUT2D eigenvalue weighted by Gasteiger charge is 2.34. The lowest BCUT2D eigenvalue weighted by Crippen LogP contribution is -2.56. The topological polar surface area (TPSA) is 41.9 Å². The summed E-state index contributed by atoms with van der Waals surface area (Å²) in [6, 6.07) is 0.769. The number of nitroso groups, excluding NO2 is 1. The average Bonchev–Trinajstić information content (AvgIpc) is 2.17. The SMILES string of the molecule is COC1CN(C2CCC(N=O)CC2)C1. The van der Waals surface area contributed by atoms with E-state index in [9.17, 15) is 4.91 Å². The van der Waals surface area contributed by atoms with E-state index in [-0.39, 0.29) is 6.04 Å². The van der Waals surface area contributed by atoms with Crippen molar-refractivity contribution in [2.45, 2.75) is 43.9 Å². The van der Waals surface area contributed by atoms with Crippen molar-refractivity contribution in [2.75, 3.05) is 20.2 Å². The number of likely N-dealkylation sites (tertiary alicyclic amines) is 1. The summed E-state index contributed by atoms with van der Waals surface area (Å²) in [5.41, 5.74) is 0. The zero-order chi connectivity index (χ0) is 9.97. The van der Waals surface area contributed by atoms with Crippen LogP contribution in [0.2, 0.25) is 0 Å². The molecular formula is C10H18N2O2. The number of rotatable bonds is 3. The second-order valence-electron chi connectivity index (χ2n) is 4.38. The Labute approximate surface area is 84.6 Å². The van der Waals surface area contributed by atoms with E-state index in [1.54, 1.807) is 7.11 Å². The fraction of sp³-hybridized carbons (Fsp3) is 1.00.